The van der Waals surface area contributed by atoms with Gasteiger partial charge in [-0.15, -0.1) is 0 Å². The number of benzene rings is 2. The molecule has 2 heterocycles. The van der Waals surface area contributed by atoms with Crippen LogP contribution in [0.3, 0.4) is 0 Å². The lowest BCUT2D eigenvalue weighted by molar-refractivity contribution is 0.0694. The molecule has 1 amide bonds. The third kappa shape index (κ3) is 3.18. The van der Waals surface area contributed by atoms with Crippen molar-refractivity contribution in [3.63, 3.8) is 0 Å². The van der Waals surface area contributed by atoms with Crippen LogP contribution in [0, 0.1) is 0 Å². The van der Waals surface area contributed by atoms with Gasteiger partial charge in [0.15, 0.2) is 0 Å². The van der Waals surface area contributed by atoms with Gasteiger partial charge in [0.1, 0.15) is 6.61 Å². The van der Waals surface area contributed by atoms with Crippen molar-refractivity contribution in [2.75, 3.05) is 13.2 Å². The molecule has 0 atom stereocenters. The largest absolute Gasteiger partial charge is 0.478 e. The predicted octanol–water partition coefficient (Wildman–Crippen LogP) is 3.38. The van der Waals surface area contributed by atoms with Crippen LogP contribution in [0.15, 0.2) is 59.5 Å². The zero-order valence-electron chi connectivity index (χ0n) is 16.6. The maximum atomic E-state index is 12.8. The number of rotatable bonds is 3. The Balaban J connectivity index is 1.34. The molecule has 0 spiro atoms. The van der Waals surface area contributed by atoms with E-state index in [9.17, 15) is 19.5 Å². The molecule has 3 aromatic rings. The maximum Gasteiger partial charge on any atom is 0.410 e. The first-order valence-corrected chi connectivity index (χ1v) is 10.1. The number of nitrogens with zero attached hydrogens (tertiary/aromatic N) is 1. The molecule has 7 heteroatoms. The number of hydrogen-bond acceptors (Lipinski definition) is 4. The number of amides is 1. The molecule has 0 radical (unpaired) electrons. The number of carboxylic acids is 1. The van der Waals surface area contributed by atoms with Crippen LogP contribution in [0.5, 0.6) is 0 Å². The van der Waals surface area contributed by atoms with E-state index in [2.05, 4.69) is 29.2 Å². The minimum Gasteiger partial charge on any atom is -0.478 e. The van der Waals surface area contributed by atoms with E-state index in [4.69, 9.17) is 4.74 Å². The summed E-state index contributed by atoms with van der Waals surface area (Å²) in [7, 11) is 0. The standard InChI is InChI=1S/C24H20N2O5/c27-22-20-12-26(10-9-18(20)19(11-25-22)23(28)29)24(30)31-13-21-16-7-3-1-5-14(16)15-6-2-4-8-17(15)21/h1-8,11,21H,9-10,12-13H2,(H,25,27)(H,28,29). The highest BCUT2D eigenvalue weighted by Crippen LogP contribution is 2.44. The van der Waals surface area contributed by atoms with Crippen LogP contribution in [-0.4, -0.2) is 40.2 Å². The van der Waals surface area contributed by atoms with Gasteiger partial charge in [-0.2, -0.15) is 0 Å². The quantitative estimate of drug-likeness (QED) is 0.682. The van der Waals surface area contributed by atoms with Gasteiger partial charge in [0, 0.05) is 24.2 Å². The van der Waals surface area contributed by atoms with Crippen LogP contribution in [-0.2, 0) is 17.7 Å². The van der Waals surface area contributed by atoms with Crippen molar-refractivity contribution in [1.29, 1.82) is 0 Å². The molecular formula is C24H20N2O5. The Labute approximate surface area is 177 Å². The Bertz CT molecular complexity index is 1220. The lowest BCUT2D eigenvalue weighted by Gasteiger charge is -2.28. The Hall–Kier alpha value is -3.87. The highest BCUT2D eigenvalue weighted by atomic mass is 16.6. The fourth-order valence-corrected chi connectivity index (χ4v) is 4.61. The van der Waals surface area contributed by atoms with Crippen LogP contribution in [0.1, 0.15) is 38.5 Å². The minimum atomic E-state index is -1.10. The second kappa shape index (κ2) is 7.43. The van der Waals surface area contributed by atoms with Crippen molar-refractivity contribution in [3.05, 3.63) is 92.9 Å². The van der Waals surface area contributed by atoms with Gasteiger partial charge >= 0.3 is 12.1 Å². The third-order valence-electron chi connectivity index (χ3n) is 6.12. The summed E-state index contributed by atoms with van der Waals surface area (Å²) in [5.41, 5.74) is 5.04. The number of H-pyrrole nitrogens is 1. The monoisotopic (exact) mass is 416 g/mol. The highest BCUT2D eigenvalue weighted by molar-refractivity contribution is 5.89. The van der Waals surface area contributed by atoms with Gasteiger partial charge in [0.05, 0.1) is 12.1 Å². The number of carbonyl (C=O) groups is 2. The van der Waals surface area contributed by atoms with Gasteiger partial charge in [-0.3, -0.25) is 4.79 Å². The zero-order chi connectivity index (χ0) is 21.5. The van der Waals surface area contributed by atoms with Crippen molar-refractivity contribution < 1.29 is 19.4 Å². The number of pyridine rings is 1. The minimum absolute atomic E-state index is 0.0302. The first-order chi connectivity index (χ1) is 15.0. The number of fused-ring (bicyclic) bond motifs is 4. The zero-order valence-corrected chi connectivity index (χ0v) is 16.6. The molecule has 2 N–H and O–H groups in total. The van der Waals surface area contributed by atoms with E-state index in [1.807, 2.05) is 24.3 Å². The maximum absolute atomic E-state index is 12.8. The van der Waals surface area contributed by atoms with E-state index in [-0.39, 0.29) is 30.2 Å². The molecule has 2 aromatic carbocycles. The lowest BCUT2D eigenvalue weighted by atomic mass is 9.97. The van der Waals surface area contributed by atoms with Crippen molar-refractivity contribution in [1.82, 2.24) is 9.88 Å². The summed E-state index contributed by atoms with van der Waals surface area (Å²) in [5.74, 6) is -1.14. The molecule has 156 valence electrons. The number of aromatic nitrogens is 1. The lowest BCUT2D eigenvalue weighted by Crippen LogP contribution is -2.40. The van der Waals surface area contributed by atoms with Gasteiger partial charge in [0.2, 0.25) is 0 Å². The molecule has 0 saturated carbocycles. The van der Waals surface area contributed by atoms with Crippen LogP contribution in [0.4, 0.5) is 4.79 Å². The van der Waals surface area contributed by atoms with Gasteiger partial charge < -0.3 is 19.7 Å². The van der Waals surface area contributed by atoms with Gasteiger partial charge in [0.25, 0.3) is 5.56 Å². The molecule has 0 unspecified atom stereocenters. The van der Waals surface area contributed by atoms with Crippen LogP contribution >= 0.6 is 0 Å². The Morgan fingerprint density at radius 3 is 2.32 bits per heavy atom. The van der Waals surface area contributed by atoms with Crippen molar-refractivity contribution in [2.24, 2.45) is 0 Å². The first-order valence-electron chi connectivity index (χ1n) is 10.1. The average molecular weight is 416 g/mol. The SMILES string of the molecule is O=C(O)c1c[nH]c(=O)c2c1CCN(C(=O)OCC1c3ccccc3-c3ccccc31)C2. The summed E-state index contributed by atoms with van der Waals surface area (Å²) in [6, 6.07) is 16.2. The number of hydrogen-bond donors (Lipinski definition) is 2. The van der Waals surface area contributed by atoms with E-state index >= 15 is 0 Å². The molecule has 0 bridgehead atoms. The summed E-state index contributed by atoms with van der Waals surface area (Å²) < 4.78 is 5.67. The van der Waals surface area contributed by atoms with E-state index in [0.717, 1.165) is 22.3 Å². The number of aromatic carboxylic acids is 1. The Morgan fingerprint density at radius 2 is 1.68 bits per heavy atom. The van der Waals surface area contributed by atoms with E-state index in [0.29, 0.717) is 24.1 Å². The van der Waals surface area contributed by atoms with Gasteiger partial charge in [-0.1, -0.05) is 48.5 Å². The normalized spacial score (nSPS) is 14.5. The number of ether oxygens (including phenoxy) is 1. The summed E-state index contributed by atoms with van der Waals surface area (Å²) in [6.07, 6.45) is 1.00. The molecule has 1 aliphatic carbocycles. The van der Waals surface area contributed by atoms with Gasteiger partial charge in [-0.05, 0) is 34.2 Å². The number of nitrogens with one attached hydrogen (secondary N) is 1. The molecule has 7 nitrogen and oxygen atoms in total. The Morgan fingerprint density at radius 1 is 1.03 bits per heavy atom. The predicted molar refractivity (Wildman–Crippen MR) is 113 cm³/mol. The van der Waals surface area contributed by atoms with Crippen LogP contribution < -0.4 is 5.56 Å². The first kappa shape index (κ1) is 19.1. The molecule has 5 rings (SSSR count). The summed E-state index contributed by atoms with van der Waals surface area (Å²) in [5, 5.41) is 9.35. The van der Waals surface area contributed by atoms with E-state index in [1.54, 1.807) is 0 Å². The topological polar surface area (TPSA) is 99.7 Å². The Kier molecular flexibility index (Phi) is 4.58. The summed E-state index contributed by atoms with van der Waals surface area (Å²) in [6.45, 7) is 0.525. The van der Waals surface area contributed by atoms with Crippen LogP contribution in [0.25, 0.3) is 11.1 Å². The molecule has 2 aliphatic rings. The fourth-order valence-electron chi connectivity index (χ4n) is 4.61. The van der Waals surface area contributed by atoms with E-state index < -0.39 is 12.1 Å². The van der Waals surface area contributed by atoms with Crippen LogP contribution in [0.2, 0.25) is 0 Å². The summed E-state index contributed by atoms with van der Waals surface area (Å²) in [4.78, 5) is 40.3. The molecule has 1 aliphatic heterocycles. The third-order valence-corrected chi connectivity index (χ3v) is 6.12. The second-order valence-electron chi connectivity index (χ2n) is 7.77. The highest BCUT2D eigenvalue weighted by Gasteiger charge is 2.31. The fraction of sp³-hybridized carbons (Fsp3) is 0.208. The molecular weight excluding hydrogens is 396 g/mol. The molecule has 31 heavy (non-hydrogen) atoms. The van der Waals surface area contributed by atoms with Gasteiger partial charge in [-0.25, -0.2) is 9.59 Å². The van der Waals surface area contributed by atoms with E-state index in [1.165, 1.54) is 11.1 Å². The number of carbonyl (C=O) groups excluding carboxylic acids is 1. The van der Waals surface area contributed by atoms with Crippen molar-refractivity contribution in [2.45, 2.75) is 18.9 Å². The number of carboxylic acid groups (broad SMARTS) is 1. The van der Waals surface area contributed by atoms with Crippen molar-refractivity contribution in [3.8, 4) is 11.1 Å². The molecule has 1 aromatic heterocycles. The average Bonchev–Trinajstić information content (AvgIpc) is 3.11. The van der Waals surface area contributed by atoms with Crippen molar-refractivity contribution >= 4 is 12.1 Å². The second-order valence-corrected chi connectivity index (χ2v) is 7.77. The number of aromatic amines is 1. The smallest absolute Gasteiger partial charge is 0.410 e. The molecule has 0 saturated heterocycles. The summed E-state index contributed by atoms with van der Waals surface area (Å²) >= 11 is 0. The molecule has 0 fully saturated rings.